The maximum Gasteiger partial charge on any atom is 0.240 e. The van der Waals surface area contributed by atoms with Crippen LogP contribution in [0.5, 0.6) is 5.75 Å². The van der Waals surface area contributed by atoms with Crippen molar-refractivity contribution in [1.29, 1.82) is 5.26 Å². The fourth-order valence-electron chi connectivity index (χ4n) is 1.90. The normalized spacial score (nSPS) is 10.6. The van der Waals surface area contributed by atoms with Crippen molar-refractivity contribution in [3.05, 3.63) is 52.5 Å². The zero-order valence-electron chi connectivity index (χ0n) is 11.8. The summed E-state index contributed by atoms with van der Waals surface area (Å²) in [5.41, 5.74) is 0.474. The van der Waals surface area contributed by atoms with Crippen LogP contribution in [0.25, 0.3) is 23.5 Å². The predicted molar refractivity (Wildman–Crippen MR) is 89.4 cm³/mol. The van der Waals surface area contributed by atoms with E-state index in [-0.39, 0.29) is 11.7 Å². The molecule has 112 valence electrons. The summed E-state index contributed by atoms with van der Waals surface area (Å²) in [6.45, 7) is 0. The predicted octanol–water partition coefficient (Wildman–Crippen LogP) is 3.37. The number of phenolic OH excluding ortho intramolecular Hbond substituents is 1. The Morgan fingerprint density at radius 2 is 1.96 bits per heavy atom. The standard InChI is InChI=1S/C16H11N5OS/c17-10-18-16-20-14(8-7-11-4-3-9-23-11)19-15(21-16)12-5-1-2-6-13(12)22/h1-9,22H,(H,18,19,20,21). The molecule has 0 aliphatic heterocycles. The molecule has 1 aromatic carbocycles. The van der Waals surface area contributed by atoms with Crippen molar-refractivity contribution >= 4 is 29.4 Å². The second-order valence-electron chi connectivity index (χ2n) is 4.44. The third-order valence-electron chi connectivity index (χ3n) is 2.91. The highest BCUT2D eigenvalue weighted by molar-refractivity contribution is 7.10. The highest BCUT2D eigenvalue weighted by atomic mass is 32.1. The molecule has 2 aromatic heterocycles. The van der Waals surface area contributed by atoms with Gasteiger partial charge in [0.25, 0.3) is 0 Å². The first kappa shape index (κ1) is 14.7. The van der Waals surface area contributed by atoms with E-state index < -0.39 is 0 Å². The molecule has 0 bridgehead atoms. The molecule has 7 heteroatoms. The maximum atomic E-state index is 9.95. The Balaban J connectivity index is 2.03. The molecule has 0 atom stereocenters. The molecule has 0 amide bonds. The Kier molecular flexibility index (Phi) is 4.27. The molecule has 2 heterocycles. The molecule has 3 aromatic rings. The number of anilines is 1. The van der Waals surface area contributed by atoms with Crippen LogP contribution < -0.4 is 5.32 Å². The summed E-state index contributed by atoms with van der Waals surface area (Å²) >= 11 is 1.59. The van der Waals surface area contributed by atoms with Gasteiger partial charge in [-0.25, -0.2) is 4.98 Å². The molecular weight excluding hydrogens is 310 g/mol. The van der Waals surface area contributed by atoms with Gasteiger partial charge in [-0.05, 0) is 35.7 Å². The summed E-state index contributed by atoms with van der Waals surface area (Å²) in [6, 6.07) is 10.7. The Morgan fingerprint density at radius 3 is 2.70 bits per heavy atom. The number of rotatable bonds is 4. The van der Waals surface area contributed by atoms with Gasteiger partial charge < -0.3 is 5.11 Å². The Labute approximate surface area is 136 Å². The number of nitriles is 1. The van der Waals surface area contributed by atoms with Gasteiger partial charge in [0.1, 0.15) is 5.75 Å². The van der Waals surface area contributed by atoms with Crippen LogP contribution in [-0.4, -0.2) is 20.1 Å². The fraction of sp³-hybridized carbons (Fsp3) is 0. The second-order valence-corrected chi connectivity index (χ2v) is 5.42. The minimum Gasteiger partial charge on any atom is -0.507 e. The Hall–Kier alpha value is -3.24. The zero-order chi connectivity index (χ0) is 16.1. The monoisotopic (exact) mass is 321 g/mol. The van der Waals surface area contributed by atoms with Gasteiger partial charge in [0.05, 0.1) is 5.56 Å². The number of benzene rings is 1. The van der Waals surface area contributed by atoms with Crippen molar-refractivity contribution in [1.82, 2.24) is 15.0 Å². The Morgan fingerprint density at radius 1 is 1.09 bits per heavy atom. The molecule has 0 unspecified atom stereocenters. The first-order valence-corrected chi connectivity index (χ1v) is 7.55. The van der Waals surface area contributed by atoms with Gasteiger partial charge in [-0.1, -0.05) is 18.2 Å². The van der Waals surface area contributed by atoms with E-state index in [9.17, 15) is 5.11 Å². The molecule has 0 aliphatic rings. The average molecular weight is 321 g/mol. The van der Waals surface area contributed by atoms with E-state index in [1.807, 2.05) is 23.6 Å². The van der Waals surface area contributed by atoms with Crippen molar-refractivity contribution in [3.63, 3.8) is 0 Å². The van der Waals surface area contributed by atoms with Crippen molar-refractivity contribution in [2.24, 2.45) is 0 Å². The first-order valence-electron chi connectivity index (χ1n) is 6.67. The van der Waals surface area contributed by atoms with Gasteiger partial charge in [0.15, 0.2) is 17.8 Å². The molecule has 0 radical (unpaired) electrons. The topological polar surface area (TPSA) is 94.7 Å². The van der Waals surface area contributed by atoms with Crippen molar-refractivity contribution in [3.8, 4) is 23.3 Å². The van der Waals surface area contributed by atoms with Gasteiger partial charge in [-0.15, -0.1) is 11.3 Å². The summed E-state index contributed by atoms with van der Waals surface area (Å²) < 4.78 is 0. The molecular formula is C16H11N5OS. The van der Waals surface area contributed by atoms with E-state index in [1.54, 1.807) is 47.9 Å². The number of aromatic hydroxyl groups is 1. The van der Waals surface area contributed by atoms with Crippen LogP contribution in [0.2, 0.25) is 0 Å². The third-order valence-corrected chi connectivity index (χ3v) is 3.74. The van der Waals surface area contributed by atoms with Crippen LogP contribution in [0.15, 0.2) is 41.8 Å². The minimum atomic E-state index is 0.0646. The van der Waals surface area contributed by atoms with Gasteiger partial charge >= 0.3 is 0 Å². The average Bonchev–Trinajstić information content (AvgIpc) is 3.07. The summed E-state index contributed by atoms with van der Waals surface area (Å²) in [4.78, 5) is 13.7. The molecule has 0 fully saturated rings. The smallest absolute Gasteiger partial charge is 0.240 e. The van der Waals surface area contributed by atoms with Crippen molar-refractivity contribution in [2.45, 2.75) is 0 Å². The summed E-state index contributed by atoms with van der Waals surface area (Å²) in [7, 11) is 0. The molecule has 0 aliphatic carbocycles. The number of nitrogens with zero attached hydrogens (tertiary/aromatic N) is 4. The summed E-state index contributed by atoms with van der Waals surface area (Å²) in [5, 5.41) is 23.1. The molecule has 0 saturated heterocycles. The zero-order valence-corrected chi connectivity index (χ0v) is 12.7. The van der Waals surface area contributed by atoms with Gasteiger partial charge in [-0.2, -0.15) is 15.2 Å². The SMILES string of the molecule is N#CNc1nc(C=Cc2cccs2)nc(-c2ccccc2O)n1. The number of thiophene rings is 1. The number of hydrogen-bond acceptors (Lipinski definition) is 7. The van der Waals surface area contributed by atoms with Crippen LogP contribution >= 0.6 is 11.3 Å². The molecule has 0 saturated carbocycles. The van der Waals surface area contributed by atoms with E-state index in [0.29, 0.717) is 17.2 Å². The van der Waals surface area contributed by atoms with E-state index in [0.717, 1.165) is 4.88 Å². The van der Waals surface area contributed by atoms with Gasteiger partial charge in [-0.3, -0.25) is 5.32 Å². The van der Waals surface area contributed by atoms with Crippen LogP contribution in [0, 0.1) is 11.5 Å². The highest BCUT2D eigenvalue weighted by Crippen LogP contribution is 2.26. The quantitative estimate of drug-likeness (QED) is 0.565. The summed E-state index contributed by atoms with van der Waals surface area (Å²) in [5.74, 6) is 0.882. The highest BCUT2D eigenvalue weighted by Gasteiger charge is 2.10. The van der Waals surface area contributed by atoms with Crippen molar-refractivity contribution < 1.29 is 5.11 Å². The lowest BCUT2D eigenvalue weighted by Crippen LogP contribution is -2.02. The molecule has 0 spiro atoms. The molecule has 3 rings (SSSR count). The number of nitrogens with one attached hydrogen (secondary N) is 1. The number of hydrogen-bond donors (Lipinski definition) is 2. The Bertz CT molecular complexity index is 884. The minimum absolute atomic E-state index is 0.0646. The lowest BCUT2D eigenvalue weighted by atomic mass is 10.2. The fourth-order valence-corrected chi connectivity index (χ4v) is 2.52. The van der Waals surface area contributed by atoms with Gasteiger partial charge in [0, 0.05) is 4.88 Å². The lowest BCUT2D eigenvalue weighted by molar-refractivity contribution is 0.477. The van der Waals surface area contributed by atoms with E-state index in [4.69, 9.17) is 5.26 Å². The van der Waals surface area contributed by atoms with E-state index >= 15 is 0 Å². The molecule has 6 nitrogen and oxygen atoms in total. The van der Waals surface area contributed by atoms with Crippen LogP contribution in [0.1, 0.15) is 10.7 Å². The third kappa shape index (κ3) is 3.51. The largest absolute Gasteiger partial charge is 0.507 e. The van der Waals surface area contributed by atoms with Crippen molar-refractivity contribution in [2.75, 3.05) is 5.32 Å². The lowest BCUT2D eigenvalue weighted by Gasteiger charge is -2.05. The summed E-state index contributed by atoms with van der Waals surface area (Å²) in [6.07, 6.45) is 5.40. The van der Waals surface area contributed by atoms with Crippen LogP contribution in [-0.2, 0) is 0 Å². The second kappa shape index (κ2) is 6.68. The number of para-hydroxylation sites is 1. The van der Waals surface area contributed by atoms with E-state index in [2.05, 4.69) is 20.3 Å². The first-order chi connectivity index (χ1) is 11.3. The molecule has 23 heavy (non-hydrogen) atoms. The van der Waals surface area contributed by atoms with Crippen LogP contribution in [0.4, 0.5) is 5.95 Å². The maximum absolute atomic E-state index is 9.95. The van der Waals surface area contributed by atoms with E-state index in [1.165, 1.54) is 0 Å². The van der Waals surface area contributed by atoms with Gasteiger partial charge in [0.2, 0.25) is 5.95 Å². The number of aromatic nitrogens is 3. The molecule has 2 N–H and O–H groups in total. The number of phenols is 1. The van der Waals surface area contributed by atoms with Crippen LogP contribution in [0.3, 0.4) is 0 Å².